The Balaban J connectivity index is 2.81. The molecule has 0 unspecified atom stereocenters. The first-order chi connectivity index (χ1) is 6.22. The van der Waals surface area contributed by atoms with E-state index in [4.69, 9.17) is 17.3 Å². The summed E-state index contributed by atoms with van der Waals surface area (Å²) in [5.74, 6) is 0.218. The number of fused-ring (bicyclic) bond motifs is 1. The molecule has 0 amide bonds. The first kappa shape index (κ1) is 8.47. The van der Waals surface area contributed by atoms with Gasteiger partial charge in [-0.05, 0) is 12.1 Å². The molecule has 2 N–H and O–H groups in total. The van der Waals surface area contributed by atoms with Gasteiger partial charge in [-0.2, -0.15) is 0 Å². The van der Waals surface area contributed by atoms with Crippen molar-refractivity contribution in [3.63, 3.8) is 0 Å². The van der Waals surface area contributed by atoms with Crippen molar-refractivity contribution in [1.82, 2.24) is 9.38 Å². The van der Waals surface area contributed by atoms with Crippen LogP contribution in [0.25, 0.3) is 5.52 Å². The van der Waals surface area contributed by atoms with E-state index >= 15 is 0 Å². The summed E-state index contributed by atoms with van der Waals surface area (Å²) in [6.07, 6.45) is 1.32. The number of hydrogen-bond acceptors (Lipinski definition) is 2. The second-order valence-corrected chi connectivity index (χ2v) is 2.98. The zero-order valence-electron chi connectivity index (χ0n) is 6.67. The molecular weight excluding hydrogens is 193 g/mol. The number of nitrogens with zero attached hydrogens (tertiary/aromatic N) is 2. The Morgan fingerprint density at radius 2 is 2.31 bits per heavy atom. The van der Waals surface area contributed by atoms with Crippen LogP contribution in [0.5, 0.6) is 0 Å². The minimum Gasteiger partial charge on any atom is -0.324 e. The predicted octanol–water partition coefficient (Wildman–Crippen LogP) is 1.59. The molecule has 0 aliphatic carbocycles. The van der Waals surface area contributed by atoms with E-state index in [1.807, 2.05) is 0 Å². The first-order valence-electron chi connectivity index (χ1n) is 3.74. The Hall–Kier alpha value is -1.13. The van der Waals surface area contributed by atoms with E-state index in [2.05, 4.69) is 4.98 Å². The Bertz CT molecular complexity index is 452. The molecular formula is C8H7ClFN3. The van der Waals surface area contributed by atoms with Crippen molar-refractivity contribution < 1.29 is 4.39 Å². The molecule has 0 atom stereocenters. The van der Waals surface area contributed by atoms with Crippen LogP contribution in [0.4, 0.5) is 4.39 Å². The number of rotatable bonds is 1. The fraction of sp³-hybridized carbons (Fsp3) is 0.125. The van der Waals surface area contributed by atoms with Crippen LogP contribution in [-0.4, -0.2) is 9.38 Å². The van der Waals surface area contributed by atoms with Crippen LogP contribution in [0, 0.1) is 5.82 Å². The van der Waals surface area contributed by atoms with E-state index in [1.165, 1.54) is 12.3 Å². The van der Waals surface area contributed by atoms with Gasteiger partial charge in [0.05, 0.1) is 12.1 Å². The molecule has 13 heavy (non-hydrogen) atoms. The van der Waals surface area contributed by atoms with E-state index in [9.17, 15) is 4.39 Å². The van der Waals surface area contributed by atoms with Crippen molar-refractivity contribution in [2.45, 2.75) is 6.54 Å². The largest absolute Gasteiger partial charge is 0.324 e. The summed E-state index contributed by atoms with van der Waals surface area (Å²) in [4.78, 5) is 3.99. The Kier molecular flexibility index (Phi) is 1.94. The molecule has 0 bridgehead atoms. The van der Waals surface area contributed by atoms with Gasteiger partial charge in [0.2, 0.25) is 0 Å². The Morgan fingerprint density at radius 1 is 1.54 bits per heavy atom. The average molecular weight is 200 g/mol. The summed E-state index contributed by atoms with van der Waals surface area (Å²) >= 11 is 5.80. The second kappa shape index (κ2) is 2.97. The smallest absolute Gasteiger partial charge is 0.155 e. The van der Waals surface area contributed by atoms with Crippen molar-refractivity contribution in [3.05, 3.63) is 35.1 Å². The molecule has 2 rings (SSSR count). The molecule has 5 heteroatoms. The average Bonchev–Trinajstić information content (AvgIpc) is 2.42. The fourth-order valence-electron chi connectivity index (χ4n) is 1.22. The van der Waals surface area contributed by atoms with E-state index in [-0.39, 0.29) is 12.4 Å². The van der Waals surface area contributed by atoms with Crippen molar-refractivity contribution in [1.29, 1.82) is 0 Å². The quantitative estimate of drug-likeness (QED) is 0.758. The monoisotopic (exact) mass is 199 g/mol. The van der Waals surface area contributed by atoms with Crippen molar-refractivity contribution >= 4 is 17.1 Å². The van der Waals surface area contributed by atoms with Crippen LogP contribution < -0.4 is 5.73 Å². The van der Waals surface area contributed by atoms with Gasteiger partial charge in [-0.15, -0.1) is 0 Å². The van der Waals surface area contributed by atoms with Gasteiger partial charge in [0.15, 0.2) is 5.15 Å². The zero-order chi connectivity index (χ0) is 9.42. The highest BCUT2D eigenvalue weighted by Crippen LogP contribution is 2.18. The number of aromatic nitrogens is 2. The van der Waals surface area contributed by atoms with Gasteiger partial charge in [-0.25, -0.2) is 9.37 Å². The number of halogens is 2. The molecule has 0 fully saturated rings. The zero-order valence-corrected chi connectivity index (χ0v) is 7.42. The molecule has 0 saturated carbocycles. The third kappa shape index (κ3) is 1.28. The van der Waals surface area contributed by atoms with Crippen LogP contribution in [-0.2, 0) is 6.54 Å². The van der Waals surface area contributed by atoms with Crippen LogP contribution in [0.3, 0.4) is 0 Å². The van der Waals surface area contributed by atoms with Crippen molar-refractivity contribution in [2.75, 3.05) is 0 Å². The topological polar surface area (TPSA) is 43.3 Å². The van der Waals surface area contributed by atoms with Crippen LogP contribution in [0.15, 0.2) is 18.3 Å². The van der Waals surface area contributed by atoms with Crippen LogP contribution in [0.2, 0.25) is 5.15 Å². The highest BCUT2D eigenvalue weighted by atomic mass is 35.5. The lowest BCUT2D eigenvalue weighted by Gasteiger charge is -1.96. The summed E-state index contributed by atoms with van der Waals surface area (Å²) in [7, 11) is 0. The Labute approximate surface area is 78.9 Å². The number of nitrogens with two attached hydrogens (primary N) is 1. The highest BCUT2D eigenvalue weighted by Gasteiger charge is 2.07. The van der Waals surface area contributed by atoms with Crippen molar-refractivity contribution in [2.24, 2.45) is 5.73 Å². The summed E-state index contributed by atoms with van der Waals surface area (Å²) in [6, 6.07) is 2.91. The summed E-state index contributed by atoms with van der Waals surface area (Å²) in [6.45, 7) is 0.233. The lowest BCUT2D eigenvalue weighted by Crippen LogP contribution is -2.02. The standard InChI is InChI=1S/C8H7ClFN3/c9-8-6-2-1-5(10)4-13(6)7(3-11)12-8/h1-2,4H,3,11H2. The third-order valence-electron chi connectivity index (χ3n) is 1.81. The second-order valence-electron chi connectivity index (χ2n) is 2.63. The van der Waals surface area contributed by atoms with E-state index < -0.39 is 0 Å². The molecule has 0 aromatic carbocycles. The third-order valence-corrected chi connectivity index (χ3v) is 2.09. The lowest BCUT2D eigenvalue weighted by molar-refractivity contribution is 0.617. The maximum atomic E-state index is 12.8. The van der Waals surface area contributed by atoms with Gasteiger partial charge in [0, 0.05) is 6.20 Å². The van der Waals surface area contributed by atoms with Crippen molar-refractivity contribution in [3.8, 4) is 0 Å². The molecule has 2 heterocycles. The summed E-state index contributed by atoms with van der Waals surface area (Å²) in [5.41, 5.74) is 6.08. The van der Waals surface area contributed by atoms with Gasteiger partial charge < -0.3 is 5.73 Å². The van der Waals surface area contributed by atoms with Gasteiger partial charge in [0.1, 0.15) is 11.6 Å². The SMILES string of the molecule is NCc1nc(Cl)c2ccc(F)cn12. The summed E-state index contributed by atoms with van der Waals surface area (Å²) < 4.78 is 14.4. The Morgan fingerprint density at radius 3 is 3.00 bits per heavy atom. The lowest BCUT2D eigenvalue weighted by atomic mass is 10.4. The molecule has 0 aliphatic rings. The van der Waals surface area contributed by atoms with E-state index in [0.717, 1.165) is 0 Å². The molecule has 2 aromatic heterocycles. The molecule has 0 spiro atoms. The summed E-state index contributed by atoms with van der Waals surface area (Å²) in [5, 5.41) is 0.348. The van der Waals surface area contributed by atoms with Gasteiger partial charge in [-0.1, -0.05) is 11.6 Å². The number of imidazole rings is 1. The molecule has 0 aliphatic heterocycles. The van der Waals surface area contributed by atoms with E-state index in [0.29, 0.717) is 16.5 Å². The minimum absolute atomic E-state index is 0.233. The normalized spacial score (nSPS) is 11.0. The number of hydrogen-bond donors (Lipinski definition) is 1. The van der Waals surface area contributed by atoms with E-state index in [1.54, 1.807) is 10.5 Å². The fourth-order valence-corrected chi connectivity index (χ4v) is 1.48. The molecule has 68 valence electrons. The van der Waals surface area contributed by atoms with Crippen LogP contribution in [0.1, 0.15) is 5.82 Å². The predicted molar refractivity (Wildman–Crippen MR) is 48.1 cm³/mol. The minimum atomic E-state index is -0.337. The first-order valence-corrected chi connectivity index (χ1v) is 4.12. The van der Waals surface area contributed by atoms with Gasteiger partial charge >= 0.3 is 0 Å². The highest BCUT2D eigenvalue weighted by molar-refractivity contribution is 6.32. The van der Waals surface area contributed by atoms with Crippen LogP contribution >= 0.6 is 11.6 Å². The maximum absolute atomic E-state index is 12.8. The number of pyridine rings is 1. The maximum Gasteiger partial charge on any atom is 0.155 e. The molecule has 2 aromatic rings. The molecule has 0 radical (unpaired) electrons. The molecule has 3 nitrogen and oxygen atoms in total. The van der Waals surface area contributed by atoms with Gasteiger partial charge in [0.25, 0.3) is 0 Å². The molecule has 0 saturated heterocycles. The van der Waals surface area contributed by atoms with Gasteiger partial charge in [-0.3, -0.25) is 4.40 Å².